The van der Waals surface area contributed by atoms with Crippen LogP contribution in [0.4, 0.5) is 0 Å². The van der Waals surface area contributed by atoms with Crippen LogP contribution in [0.1, 0.15) is 33.7 Å². The van der Waals surface area contributed by atoms with Crippen molar-refractivity contribution in [2.45, 2.75) is 13.0 Å². The third-order valence-electron chi connectivity index (χ3n) is 3.04. The average molecular weight is 287 g/mol. The maximum absolute atomic E-state index is 12.0. The topological polar surface area (TPSA) is 107 Å². The third-order valence-corrected chi connectivity index (χ3v) is 3.04. The van der Waals surface area contributed by atoms with Crippen LogP contribution in [0.3, 0.4) is 0 Å². The number of amides is 2. The minimum absolute atomic E-state index is 0.199. The minimum atomic E-state index is -0.871. The number of tetrazole rings is 1. The maximum atomic E-state index is 12.0. The highest BCUT2D eigenvalue weighted by molar-refractivity contribution is 6.20. The normalized spacial score (nSPS) is 15.0. The maximum Gasteiger partial charge on any atom is 0.357 e. The summed E-state index contributed by atoms with van der Waals surface area (Å²) in [4.78, 5) is 40.9. The number of carbonyl (C=O) groups excluding carboxylic acids is 3. The number of rotatable bonds is 3. The molecule has 0 saturated carbocycles. The molecule has 3 rings (SSSR count). The predicted octanol–water partition coefficient (Wildman–Crippen LogP) is -0.0115. The summed E-state index contributed by atoms with van der Waals surface area (Å²) in [5, 5.41) is 10.8. The zero-order chi connectivity index (χ0) is 15.0. The molecular formula is C12H9N5O4. The monoisotopic (exact) mass is 287 g/mol. The van der Waals surface area contributed by atoms with Crippen molar-refractivity contribution in [3.05, 3.63) is 41.7 Å². The van der Waals surface area contributed by atoms with Crippen LogP contribution in [0.15, 0.2) is 30.6 Å². The Bertz CT molecular complexity index is 692. The lowest BCUT2D eigenvalue weighted by molar-refractivity contribution is -0.172. The molecular weight excluding hydrogens is 278 g/mol. The number of aromatic nitrogens is 4. The molecule has 0 unspecified atom stereocenters. The molecule has 106 valence electrons. The van der Waals surface area contributed by atoms with Crippen molar-refractivity contribution in [3.63, 3.8) is 0 Å². The lowest BCUT2D eigenvalue weighted by atomic mass is 10.1. The number of nitrogens with zero attached hydrogens (tertiary/aromatic N) is 5. The van der Waals surface area contributed by atoms with Gasteiger partial charge < -0.3 is 4.84 Å². The summed E-state index contributed by atoms with van der Waals surface area (Å²) < 4.78 is 1.15. The number of hydrogen-bond acceptors (Lipinski definition) is 7. The zero-order valence-electron chi connectivity index (χ0n) is 10.8. The molecule has 1 aromatic heterocycles. The molecule has 0 radical (unpaired) electrons. The number of hydroxylamine groups is 2. The van der Waals surface area contributed by atoms with E-state index in [-0.39, 0.29) is 11.1 Å². The molecule has 1 aromatic carbocycles. The Balaban J connectivity index is 1.79. The summed E-state index contributed by atoms with van der Waals surface area (Å²) >= 11 is 0. The molecule has 0 fully saturated rings. The van der Waals surface area contributed by atoms with Gasteiger partial charge in [0.1, 0.15) is 6.33 Å². The second kappa shape index (κ2) is 4.78. The SMILES string of the molecule is C[C@@H](C(=O)ON1C(=O)c2ccccc2C1=O)n1cnnn1. The van der Waals surface area contributed by atoms with Gasteiger partial charge in [-0.3, -0.25) is 9.59 Å². The molecule has 1 aliphatic rings. The van der Waals surface area contributed by atoms with Crippen molar-refractivity contribution in [1.82, 2.24) is 25.3 Å². The summed E-state index contributed by atoms with van der Waals surface area (Å²) in [5.74, 6) is -2.17. The molecule has 21 heavy (non-hydrogen) atoms. The Hall–Kier alpha value is -3.10. The molecule has 9 heteroatoms. The zero-order valence-corrected chi connectivity index (χ0v) is 10.8. The van der Waals surface area contributed by atoms with Crippen molar-refractivity contribution in [2.24, 2.45) is 0 Å². The van der Waals surface area contributed by atoms with Crippen LogP contribution in [-0.4, -0.2) is 43.1 Å². The highest BCUT2D eigenvalue weighted by atomic mass is 16.7. The summed E-state index contributed by atoms with van der Waals surface area (Å²) in [6.45, 7) is 1.48. The molecule has 1 aliphatic heterocycles. The quantitative estimate of drug-likeness (QED) is 0.730. The Morgan fingerprint density at radius 1 is 1.19 bits per heavy atom. The van der Waals surface area contributed by atoms with Gasteiger partial charge in [-0.05, 0) is 29.5 Å². The van der Waals surface area contributed by atoms with Crippen LogP contribution in [0.25, 0.3) is 0 Å². The van der Waals surface area contributed by atoms with Gasteiger partial charge in [-0.2, -0.15) is 0 Å². The van der Waals surface area contributed by atoms with Crippen LogP contribution in [-0.2, 0) is 9.63 Å². The molecule has 2 aromatic rings. The average Bonchev–Trinajstić information content (AvgIpc) is 3.11. The first-order valence-electron chi connectivity index (χ1n) is 6.01. The highest BCUT2D eigenvalue weighted by Gasteiger charge is 2.39. The van der Waals surface area contributed by atoms with E-state index in [1.54, 1.807) is 12.1 Å². The highest BCUT2D eigenvalue weighted by Crippen LogP contribution is 2.23. The molecule has 2 amide bonds. The van der Waals surface area contributed by atoms with Gasteiger partial charge in [0.15, 0.2) is 6.04 Å². The van der Waals surface area contributed by atoms with Gasteiger partial charge in [0.2, 0.25) is 0 Å². The van der Waals surface area contributed by atoms with Crippen molar-refractivity contribution in [1.29, 1.82) is 0 Å². The Morgan fingerprint density at radius 3 is 2.33 bits per heavy atom. The van der Waals surface area contributed by atoms with Gasteiger partial charge in [-0.1, -0.05) is 17.2 Å². The van der Waals surface area contributed by atoms with Gasteiger partial charge in [0.25, 0.3) is 11.8 Å². The molecule has 0 bridgehead atoms. The molecule has 2 heterocycles. The van der Waals surface area contributed by atoms with Crippen molar-refractivity contribution in [3.8, 4) is 0 Å². The first-order valence-corrected chi connectivity index (χ1v) is 6.01. The predicted molar refractivity (Wildman–Crippen MR) is 65.6 cm³/mol. The lowest BCUT2D eigenvalue weighted by Crippen LogP contribution is -2.35. The van der Waals surface area contributed by atoms with Gasteiger partial charge in [0, 0.05) is 0 Å². The fourth-order valence-electron chi connectivity index (χ4n) is 1.87. The van der Waals surface area contributed by atoms with Crippen molar-refractivity contribution in [2.75, 3.05) is 0 Å². The van der Waals surface area contributed by atoms with Gasteiger partial charge in [0.05, 0.1) is 11.1 Å². The van der Waals surface area contributed by atoms with Crippen molar-refractivity contribution < 1.29 is 19.2 Å². The number of benzene rings is 1. The first kappa shape index (κ1) is 12.9. The van der Waals surface area contributed by atoms with Gasteiger partial charge >= 0.3 is 5.97 Å². The van der Waals surface area contributed by atoms with Gasteiger partial charge in [-0.15, -0.1) is 5.10 Å². The lowest BCUT2D eigenvalue weighted by Gasteiger charge is -2.15. The standard InChI is InChI=1S/C12H9N5O4/c1-7(16-6-13-14-15-16)12(20)21-17-10(18)8-4-2-3-5-9(8)11(17)19/h2-7H,1H3/t7-/m0/s1. The molecule has 1 atom stereocenters. The Morgan fingerprint density at radius 2 is 1.81 bits per heavy atom. The summed E-state index contributed by atoms with van der Waals surface area (Å²) in [6.07, 6.45) is 1.23. The van der Waals surface area contributed by atoms with Gasteiger partial charge in [-0.25, -0.2) is 9.48 Å². The van der Waals surface area contributed by atoms with E-state index >= 15 is 0 Å². The second-order valence-electron chi connectivity index (χ2n) is 4.33. The van der Waals surface area contributed by atoms with E-state index in [9.17, 15) is 14.4 Å². The van der Waals surface area contributed by atoms with Crippen LogP contribution in [0, 0.1) is 0 Å². The molecule has 0 aliphatic carbocycles. The number of hydrogen-bond donors (Lipinski definition) is 0. The van der Waals surface area contributed by atoms with Crippen LogP contribution >= 0.6 is 0 Å². The minimum Gasteiger partial charge on any atom is -0.327 e. The summed E-state index contributed by atoms with van der Waals surface area (Å²) in [7, 11) is 0. The van der Waals surface area contributed by atoms with E-state index < -0.39 is 23.8 Å². The molecule has 0 spiro atoms. The Labute approximate surface area is 118 Å². The van der Waals surface area contributed by atoms with E-state index in [2.05, 4.69) is 15.5 Å². The number of imide groups is 1. The van der Waals surface area contributed by atoms with E-state index in [1.165, 1.54) is 25.4 Å². The van der Waals surface area contributed by atoms with E-state index in [0.29, 0.717) is 5.06 Å². The summed E-state index contributed by atoms with van der Waals surface area (Å²) in [6, 6.07) is 5.37. The third kappa shape index (κ3) is 2.04. The Kier molecular flexibility index (Phi) is 2.94. The fourth-order valence-corrected chi connectivity index (χ4v) is 1.87. The van der Waals surface area contributed by atoms with Crippen LogP contribution in [0.2, 0.25) is 0 Å². The largest absolute Gasteiger partial charge is 0.357 e. The first-order chi connectivity index (χ1) is 10.1. The molecule has 0 saturated heterocycles. The van der Waals surface area contributed by atoms with E-state index in [1.807, 2.05) is 0 Å². The number of carbonyl (C=O) groups is 3. The van der Waals surface area contributed by atoms with Crippen molar-refractivity contribution >= 4 is 17.8 Å². The number of fused-ring (bicyclic) bond motifs is 1. The smallest absolute Gasteiger partial charge is 0.327 e. The molecule has 0 N–H and O–H groups in total. The van der Waals surface area contributed by atoms with E-state index in [4.69, 9.17) is 4.84 Å². The summed E-state index contributed by atoms with van der Waals surface area (Å²) in [5.41, 5.74) is 0.399. The van der Waals surface area contributed by atoms with E-state index in [0.717, 1.165) is 4.68 Å². The van der Waals surface area contributed by atoms with Crippen LogP contribution in [0.5, 0.6) is 0 Å². The van der Waals surface area contributed by atoms with Crippen LogP contribution < -0.4 is 0 Å². The second-order valence-corrected chi connectivity index (χ2v) is 4.33. The fraction of sp³-hybridized carbons (Fsp3) is 0.167. The molecule has 9 nitrogen and oxygen atoms in total.